The van der Waals surface area contributed by atoms with E-state index in [2.05, 4.69) is 20.7 Å². The van der Waals surface area contributed by atoms with Gasteiger partial charge in [-0.2, -0.15) is 0 Å². The molecular formula is C14H20BrF2NOS. The van der Waals surface area contributed by atoms with Crippen LogP contribution in [0.15, 0.2) is 22.7 Å². The highest BCUT2D eigenvalue weighted by atomic mass is 79.9. The number of hydrogen-bond acceptors (Lipinski definition) is 2. The van der Waals surface area contributed by atoms with E-state index < -0.39 is 22.0 Å². The van der Waals surface area contributed by atoms with Crippen molar-refractivity contribution in [1.82, 2.24) is 4.72 Å². The first-order valence-electron chi connectivity index (χ1n) is 6.28. The van der Waals surface area contributed by atoms with Gasteiger partial charge in [0.15, 0.2) is 0 Å². The summed E-state index contributed by atoms with van der Waals surface area (Å²) in [6, 6.07) is 4.32. The van der Waals surface area contributed by atoms with Crippen molar-refractivity contribution < 1.29 is 13.3 Å². The molecule has 0 fully saturated rings. The van der Waals surface area contributed by atoms with Gasteiger partial charge in [0.2, 0.25) is 0 Å². The lowest BCUT2D eigenvalue weighted by Gasteiger charge is -2.27. The van der Waals surface area contributed by atoms with Crippen molar-refractivity contribution in [2.75, 3.05) is 0 Å². The van der Waals surface area contributed by atoms with Crippen molar-refractivity contribution in [3.8, 4) is 0 Å². The molecule has 114 valence electrons. The number of nitrogens with one attached hydrogen (secondary N) is 1. The normalized spacial score (nSPS) is 16.1. The third kappa shape index (κ3) is 4.98. The lowest BCUT2D eigenvalue weighted by molar-refractivity contribution is 0.0173. The van der Waals surface area contributed by atoms with Crippen LogP contribution in [0.4, 0.5) is 8.78 Å². The van der Waals surface area contributed by atoms with E-state index in [1.165, 1.54) is 12.1 Å². The third-order valence-corrected chi connectivity index (χ3v) is 4.90. The highest BCUT2D eigenvalue weighted by Crippen LogP contribution is 2.32. The quantitative estimate of drug-likeness (QED) is 0.784. The maximum absolute atomic E-state index is 13.4. The molecule has 2 nitrogen and oxygen atoms in total. The highest BCUT2D eigenvalue weighted by Gasteiger charge is 2.30. The zero-order valence-electron chi connectivity index (χ0n) is 12.3. The minimum atomic E-state index is -2.90. The van der Waals surface area contributed by atoms with E-state index >= 15 is 0 Å². The molecule has 0 saturated heterocycles. The van der Waals surface area contributed by atoms with Gasteiger partial charge in [-0.1, -0.05) is 15.9 Å². The van der Waals surface area contributed by atoms with E-state index in [0.29, 0.717) is 10.0 Å². The largest absolute Gasteiger partial charge is 0.598 e. The van der Waals surface area contributed by atoms with Crippen molar-refractivity contribution in [2.45, 2.75) is 51.3 Å². The summed E-state index contributed by atoms with van der Waals surface area (Å²) in [4.78, 5) is 0. The molecule has 0 heterocycles. The monoisotopic (exact) mass is 367 g/mol. The average Bonchev–Trinajstić information content (AvgIpc) is 2.25. The SMILES string of the molecule is C[C@@H](N[S+]([O-])C(C)(C)C)c1cc(Br)cc(C(C)(F)F)c1. The van der Waals surface area contributed by atoms with Gasteiger partial charge in [0, 0.05) is 28.3 Å². The van der Waals surface area contributed by atoms with Crippen LogP contribution in [0.3, 0.4) is 0 Å². The van der Waals surface area contributed by atoms with Crippen molar-refractivity contribution in [3.05, 3.63) is 33.8 Å². The van der Waals surface area contributed by atoms with Crippen LogP contribution in [0.1, 0.15) is 51.8 Å². The molecule has 2 atom stereocenters. The van der Waals surface area contributed by atoms with Gasteiger partial charge in [0.25, 0.3) is 5.92 Å². The Morgan fingerprint density at radius 1 is 1.20 bits per heavy atom. The van der Waals surface area contributed by atoms with Gasteiger partial charge in [-0.05, 0) is 51.5 Å². The molecular weight excluding hydrogens is 348 g/mol. The van der Waals surface area contributed by atoms with Crippen molar-refractivity contribution in [3.63, 3.8) is 0 Å². The maximum atomic E-state index is 13.4. The average molecular weight is 368 g/mol. The minimum absolute atomic E-state index is 0.0583. The van der Waals surface area contributed by atoms with Gasteiger partial charge in [-0.3, -0.25) is 0 Å². The molecule has 0 aliphatic carbocycles. The second-order valence-corrected chi connectivity index (χ2v) is 8.80. The van der Waals surface area contributed by atoms with Gasteiger partial charge < -0.3 is 4.55 Å². The van der Waals surface area contributed by atoms with E-state index in [-0.39, 0.29) is 11.6 Å². The van der Waals surface area contributed by atoms with Crippen LogP contribution in [0.5, 0.6) is 0 Å². The van der Waals surface area contributed by atoms with Gasteiger partial charge in [-0.15, -0.1) is 4.72 Å². The number of hydrogen-bond donors (Lipinski definition) is 1. The molecule has 0 bridgehead atoms. The molecule has 1 aromatic rings. The summed E-state index contributed by atoms with van der Waals surface area (Å²) >= 11 is 1.99. The predicted molar refractivity (Wildman–Crippen MR) is 83.2 cm³/mol. The first kappa shape index (κ1) is 17.9. The molecule has 20 heavy (non-hydrogen) atoms. The van der Waals surface area contributed by atoms with Crippen LogP contribution in [-0.4, -0.2) is 9.30 Å². The molecule has 1 unspecified atom stereocenters. The summed E-state index contributed by atoms with van der Waals surface area (Å²) in [5.41, 5.74) is 0.616. The fraction of sp³-hybridized carbons (Fsp3) is 0.571. The Kier molecular flexibility index (Phi) is 5.63. The first-order chi connectivity index (χ1) is 8.91. The minimum Gasteiger partial charge on any atom is -0.598 e. The first-order valence-corrected chi connectivity index (χ1v) is 8.22. The molecule has 0 aliphatic rings. The molecule has 6 heteroatoms. The zero-order chi connectivity index (χ0) is 15.7. The molecule has 0 spiro atoms. The van der Waals surface area contributed by atoms with Crippen molar-refractivity contribution in [1.29, 1.82) is 0 Å². The summed E-state index contributed by atoms with van der Waals surface area (Å²) in [7, 11) is 0. The second-order valence-electron chi connectivity index (χ2n) is 5.88. The van der Waals surface area contributed by atoms with Crippen LogP contribution in [0.25, 0.3) is 0 Å². The van der Waals surface area contributed by atoms with Gasteiger partial charge >= 0.3 is 0 Å². The van der Waals surface area contributed by atoms with Crippen LogP contribution in [0.2, 0.25) is 0 Å². The molecule has 0 amide bonds. The van der Waals surface area contributed by atoms with Gasteiger partial charge in [0.1, 0.15) is 4.75 Å². The Hall–Kier alpha value is -0.170. The zero-order valence-corrected chi connectivity index (χ0v) is 14.7. The van der Waals surface area contributed by atoms with Crippen LogP contribution in [0, 0.1) is 0 Å². The number of alkyl halides is 2. The highest BCUT2D eigenvalue weighted by molar-refractivity contribution is 9.10. The molecule has 0 saturated carbocycles. The van der Waals surface area contributed by atoms with Gasteiger partial charge in [0.05, 0.1) is 6.04 Å². The lowest BCUT2D eigenvalue weighted by atomic mass is 10.0. The number of benzene rings is 1. The smallest absolute Gasteiger partial charge is 0.270 e. The van der Waals surface area contributed by atoms with Crippen molar-refractivity contribution in [2.24, 2.45) is 0 Å². The Balaban J connectivity index is 2.99. The van der Waals surface area contributed by atoms with Crippen LogP contribution < -0.4 is 4.72 Å². The fourth-order valence-corrected chi connectivity index (χ4v) is 2.84. The Bertz CT molecular complexity index is 471. The molecule has 0 aliphatic heterocycles. The lowest BCUT2D eigenvalue weighted by Crippen LogP contribution is -2.40. The fourth-order valence-electron chi connectivity index (χ4n) is 1.52. The molecule has 1 N–H and O–H groups in total. The number of rotatable bonds is 4. The predicted octanol–water partition coefficient (Wildman–Crippen LogP) is 4.67. The van der Waals surface area contributed by atoms with E-state index in [1.807, 2.05) is 27.7 Å². The molecule has 1 rings (SSSR count). The summed E-state index contributed by atoms with van der Waals surface area (Å²) in [6.45, 7) is 8.24. The molecule has 0 aromatic heterocycles. The third-order valence-electron chi connectivity index (χ3n) is 2.77. The summed E-state index contributed by atoms with van der Waals surface area (Å²) in [5.74, 6) is -2.90. The standard InChI is InChI=1S/C14H20BrF2NOS/c1-9(18-20(19)13(2,3)4)10-6-11(14(5,16)17)8-12(15)7-10/h6-9,18H,1-5H3/t9-,20?/m1/s1. The molecule has 0 radical (unpaired) electrons. The van der Waals surface area contributed by atoms with E-state index in [9.17, 15) is 13.3 Å². The second kappa shape index (κ2) is 6.30. The van der Waals surface area contributed by atoms with Gasteiger partial charge in [-0.25, -0.2) is 8.78 Å². The van der Waals surface area contributed by atoms with E-state index in [0.717, 1.165) is 6.92 Å². The number of halogens is 3. The maximum Gasteiger partial charge on any atom is 0.270 e. The Labute approximate surface area is 130 Å². The Morgan fingerprint density at radius 3 is 2.20 bits per heavy atom. The molecule has 1 aromatic carbocycles. The topological polar surface area (TPSA) is 35.1 Å². The Morgan fingerprint density at radius 2 is 1.75 bits per heavy atom. The van der Waals surface area contributed by atoms with Crippen molar-refractivity contribution >= 4 is 27.3 Å². The van der Waals surface area contributed by atoms with E-state index in [4.69, 9.17) is 0 Å². The summed E-state index contributed by atoms with van der Waals surface area (Å²) < 4.78 is 42.0. The van der Waals surface area contributed by atoms with Crippen LogP contribution in [-0.2, 0) is 17.3 Å². The summed E-state index contributed by atoms with van der Waals surface area (Å²) in [5, 5.41) is 0. The summed E-state index contributed by atoms with van der Waals surface area (Å²) in [6.07, 6.45) is 0. The van der Waals surface area contributed by atoms with Crippen LogP contribution >= 0.6 is 15.9 Å². The van der Waals surface area contributed by atoms with E-state index in [1.54, 1.807) is 6.07 Å².